The molecular formula is C13H9Cl2N3O3. The van der Waals surface area contributed by atoms with Crippen molar-refractivity contribution < 1.29 is 10.0 Å². The number of hydrazone groups is 1. The molecule has 0 heterocycles. The van der Waals surface area contributed by atoms with Crippen LogP contribution in [0.25, 0.3) is 0 Å². The van der Waals surface area contributed by atoms with Gasteiger partial charge in [0.1, 0.15) is 0 Å². The number of nitro benzene ring substituents is 1. The number of aromatic hydroxyl groups is 1. The van der Waals surface area contributed by atoms with E-state index in [9.17, 15) is 15.2 Å². The summed E-state index contributed by atoms with van der Waals surface area (Å²) in [4.78, 5) is 10.0. The van der Waals surface area contributed by atoms with E-state index >= 15 is 0 Å². The van der Waals surface area contributed by atoms with Crippen molar-refractivity contribution in [3.8, 4) is 5.75 Å². The van der Waals surface area contributed by atoms with Crippen molar-refractivity contribution in [1.29, 1.82) is 0 Å². The maximum atomic E-state index is 10.7. The van der Waals surface area contributed by atoms with Crippen molar-refractivity contribution in [2.24, 2.45) is 5.10 Å². The van der Waals surface area contributed by atoms with Gasteiger partial charge in [0.05, 0.1) is 26.9 Å². The highest BCUT2D eigenvalue weighted by Gasteiger charge is 2.12. The lowest BCUT2D eigenvalue weighted by atomic mass is 10.2. The molecule has 0 radical (unpaired) electrons. The molecule has 0 aromatic heterocycles. The second-order valence-electron chi connectivity index (χ2n) is 4.00. The summed E-state index contributed by atoms with van der Waals surface area (Å²) in [6.45, 7) is 0. The van der Waals surface area contributed by atoms with Crippen LogP contribution in [0.15, 0.2) is 41.5 Å². The monoisotopic (exact) mass is 325 g/mol. The number of hydrogen-bond acceptors (Lipinski definition) is 5. The molecule has 0 unspecified atom stereocenters. The number of anilines is 1. The van der Waals surface area contributed by atoms with E-state index in [1.807, 2.05) is 0 Å². The van der Waals surface area contributed by atoms with Crippen LogP contribution in [0.2, 0.25) is 10.0 Å². The first kappa shape index (κ1) is 15.1. The number of nitrogens with one attached hydrogen (secondary N) is 1. The van der Waals surface area contributed by atoms with E-state index in [0.29, 0.717) is 21.3 Å². The number of nitro groups is 1. The minimum absolute atomic E-state index is 0.381. The molecule has 2 aromatic carbocycles. The summed E-state index contributed by atoms with van der Waals surface area (Å²) in [6.07, 6.45) is 1.38. The average molecular weight is 326 g/mol. The first-order chi connectivity index (χ1) is 9.97. The lowest BCUT2D eigenvalue weighted by Gasteiger charge is -2.02. The van der Waals surface area contributed by atoms with Crippen molar-refractivity contribution in [2.45, 2.75) is 0 Å². The van der Waals surface area contributed by atoms with Crippen LogP contribution in [-0.2, 0) is 0 Å². The summed E-state index contributed by atoms with van der Waals surface area (Å²) in [7, 11) is 0. The van der Waals surface area contributed by atoms with E-state index in [4.69, 9.17) is 23.2 Å². The first-order valence-corrected chi connectivity index (χ1v) is 6.44. The van der Waals surface area contributed by atoms with Crippen LogP contribution in [0, 0.1) is 10.1 Å². The molecule has 2 aromatic rings. The Morgan fingerprint density at radius 2 is 1.95 bits per heavy atom. The molecule has 0 saturated carbocycles. The highest BCUT2D eigenvalue weighted by Crippen LogP contribution is 2.26. The summed E-state index contributed by atoms with van der Waals surface area (Å²) in [6, 6.07) is 8.86. The van der Waals surface area contributed by atoms with Crippen LogP contribution in [0.3, 0.4) is 0 Å². The predicted molar refractivity (Wildman–Crippen MR) is 82.4 cm³/mol. The zero-order chi connectivity index (χ0) is 15.4. The van der Waals surface area contributed by atoms with Gasteiger partial charge < -0.3 is 5.11 Å². The SMILES string of the molecule is O=[N+]([O-])c1cc(C=NNc2ccc(Cl)c(Cl)c2)ccc1O. The van der Waals surface area contributed by atoms with Crippen LogP contribution in [0.5, 0.6) is 5.75 Å². The number of nitrogens with zero attached hydrogens (tertiary/aromatic N) is 2. The molecule has 0 saturated heterocycles. The van der Waals surface area contributed by atoms with E-state index in [1.165, 1.54) is 24.4 Å². The normalized spacial score (nSPS) is 10.8. The predicted octanol–water partition coefficient (Wildman–Crippen LogP) is 4.05. The van der Waals surface area contributed by atoms with Crippen LogP contribution < -0.4 is 5.43 Å². The smallest absolute Gasteiger partial charge is 0.311 e. The van der Waals surface area contributed by atoms with Gasteiger partial charge in [-0.25, -0.2) is 0 Å². The quantitative estimate of drug-likeness (QED) is 0.504. The fourth-order valence-electron chi connectivity index (χ4n) is 1.51. The molecule has 0 aliphatic heterocycles. The Kier molecular flexibility index (Phi) is 4.62. The van der Waals surface area contributed by atoms with Gasteiger partial charge in [-0.15, -0.1) is 0 Å². The number of hydrogen-bond donors (Lipinski definition) is 2. The molecule has 0 fully saturated rings. The van der Waals surface area contributed by atoms with Crippen LogP contribution in [0.1, 0.15) is 5.56 Å². The van der Waals surface area contributed by atoms with Gasteiger partial charge in [-0.3, -0.25) is 15.5 Å². The molecule has 2 N–H and O–H groups in total. The third-order valence-corrected chi connectivity index (χ3v) is 3.26. The number of phenolic OH excluding ortho intramolecular Hbond substituents is 1. The largest absolute Gasteiger partial charge is 0.502 e. The molecule has 0 amide bonds. The maximum absolute atomic E-state index is 10.7. The van der Waals surface area contributed by atoms with Crippen LogP contribution in [-0.4, -0.2) is 16.2 Å². The third-order valence-electron chi connectivity index (χ3n) is 2.52. The maximum Gasteiger partial charge on any atom is 0.311 e. The minimum Gasteiger partial charge on any atom is -0.502 e. The second kappa shape index (κ2) is 6.43. The number of phenols is 1. The first-order valence-electron chi connectivity index (χ1n) is 5.69. The van der Waals surface area contributed by atoms with E-state index in [0.717, 1.165) is 0 Å². The Morgan fingerprint density at radius 1 is 1.19 bits per heavy atom. The Hall–Kier alpha value is -2.31. The molecular weight excluding hydrogens is 317 g/mol. The number of rotatable bonds is 4. The van der Waals surface area contributed by atoms with Crippen LogP contribution in [0.4, 0.5) is 11.4 Å². The molecule has 0 aliphatic rings. The molecule has 0 spiro atoms. The molecule has 108 valence electrons. The zero-order valence-corrected chi connectivity index (χ0v) is 12.0. The average Bonchev–Trinajstić information content (AvgIpc) is 2.44. The van der Waals surface area contributed by atoms with Gasteiger partial charge in [-0.2, -0.15) is 5.10 Å². The highest BCUT2D eigenvalue weighted by atomic mass is 35.5. The molecule has 0 bridgehead atoms. The van der Waals surface area contributed by atoms with E-state index < -0.39 is 10.7 Å². The molecule has 0 atom stereocenters. The Bertz CT molecular complexity index is 720. The molecule has 2 rings (SSSR count). The van der Waals surface area contributed by atoms with Crippen molar-refractivity contribution >= 4 is 40.8 Å². The summed E-state index contributed by atoms with van der Waals surface area (Å²) in [5, 5.41) is 24.8. The molecule has 6 nitrogen and oxygen atoms in total. The Labute approximate surface area is 129 Å². The number of halogens is 2. The summed E-state index contributed by atoms with van der Waals surface area (Å²) in [5.41, 5.74) is 3.42. The zero-order valence-electron chi connectivity index (χ0n) is 10.5. The summed E-state index contributed by atoms with van der Waals surface area (Å²) in [5.74, 6) is -0.394. The Morgan fingerprint density at radius 3 is 2.62 bits per heavy atom. The number of benzene rings is 2. The van der Waals surface area contributed by atoms with Gasteiger partial charge in [0.2, 0.25) is 0 Å². The fraction of sp³-hybridized carbons (Fsp3) is 0. The Balaban J connectivity index is 2.12. The van der Waals surface area contributed by atoms with Gasteiger partial charge in [0.25, 0.3) is 0 Å². The van der Waals surface area contributed by atoms with Crippen molar-refractivity contribution in [3.05, 3.63) is 62.1 Å². The third kappa shape index (κ3) is 3.84. The van der Waals surface area contributed by atoms with Gasteiger partial charge in [-0.05, 0) is 30.3 Å². The van der Waals surface area contributed by atoms with Crippen molar-refractivity contribution in [3.63, 3.8) is 0 Å². The van der Waals surface area contributed by atoms with Crippen molar-refractivity contribution in [2.75, 3.05) is 5.43 Å². The second-order valence-corrected chi connectivity index (χ2v) is 4.82. The van der Waals surface area contributed by atoms with Gasteiger partial charge in [-0.1, -0.05) is 23.2 Å². The van der Waals surface area contributed by atoms with Crippen molar-refractivity contribution in [1.82, 2.24) is 0 Å². The van der Waals surface area contributed by atoms with Gasteiger partial charge >= 0.3 is 5.69 Å². The molecule has 0 aliphatic carbocycles. The van der Waals surface area contributed by atoms with Crippen LogP contribution >= 0.6 is 23.2 Å². The standard InChI is InChI=1S/C13H9Cl2N3O3/c14-10-3-2-9(6-11(10)15)17-16-7-8-1-4-13(19)12(5-8)18(20)21/h1-7,17,19H. The van der Waals surface area contributed by atoms with E-state index in [-0.39, 0.29) is 5.69 Å². The lowest BCUT2D eigenvalue weighted by Crippen LogP contribution is -1.93. The topological polar surface area (TPSA) is 87.8 Å². The highest BCUT2D eigenvalue weighted by molar-refractivity contribution is 6.42. The minimum atomic E-state index is -0.668. The summed E-state index contributed by atoms with van der Waals surface area (Å²) >= 11 is 11.6. The molecule has 8 heteroatoms. The lowest BCUT2D eigenvalue weighted by molar-refractivity contribution is -0.385. The van der Waals surface area contributed by atoms with E-state index in [2.05, 4.69) is 10.5 Å². The summed E-state index contributed by atoms with van der Waals surface area (Å²) < 4.78 is 0. The van der Waals surface area contributed by atoms with Gasteiger partial charge in [0.15, 0.2) is 5.75 Å². The molecule has 21 heavy (non-hydrogen) atoms. The fourth-order valence-corrected chi connectivity index (χ4v) is 1.81. The van der Waals surface area contributed by atoms with E-state index in [1.54, 1.807) is 18.2 Å². The van der Waals surface area contributed by atoms with Gasteiger partial charge in [0, 0.05) is 11.6 Å².